The Morgan fingerprint density at radius 3 is 2.55 bits per heavy atom. The number of carbonyl (C=O) groups excluding carboxylic acids is 1. The first kappa shape index (κ1) is 28.4. The van der Waals surface area contributed by atoms with E-state index < -0.39 is 36.2 Å². The van der Waals surface area contributed by atoms with Crippen LogP contribution in [0.1, 0.15) is 54.0 Å². The molecule has 0 aliphatic carbocycles. The van der Waals surface area contributed by atoms with Crippen LogP contribution in [0.25, 0.3) is 11.5 Å². The van der Waals surface area contributed by atoms with Crippen LogP contribution in [0.2, 0.25) is 0 Å². The molecular weight excluding hydrogens is 514 g/mol. The zero-order chi connectivity index (χ0) is 27.8. The summed E-state index contributed by atoms with van der Waals surface area (Å²) in [7, 11) is 0. The van der Waals surface area contributed by atoms with Gasteiger partial charge in [-0.25, -0.2) is 13.8 Å². The maximum absolute atomic E-state index is 13.9. The largest absolute Gasteiger partial charge is 0.490 e. The average Bonchev–Trinajstić information content (AvgIpc) is 3.29. The number of rotatable bonds is 13. The summed E-state index contributed by atoms with van der Waals surface area (Å²) in [5, 5.41) is 11.2. The molecule has 1 aromatic heterocycles. The van der Waals surface area contributed by atoms with Crippen molar-refractivity contribution in [3.63, 3.8) is 0 Å². The summed E-state index contributed by atoms with van der Waals surface area (Å²) in [4.78, 5) is 27.6. The normalized spacial score (nSPS) is 11.9. The number of hydrogen-bond donors (Lipinski definition) is 3. The van der Waals surface area contributed by atoms with E-state index in [0.29, 0.717) is 18.9 Å². The summed E-state index contributed by atoms with van der Waals surface area (Å²) in [6.07, 6.45) is 0.591. The number of benzene rings is 2. The van der Waals surface area contributed by atoms with Crippen molar-refractivity contribution < 1.29 is 46.1 Å². The molecule has 0 bridgehead atoms. The van der Waals surface area contributed by atoms with Gasteiger partial charge in [-0.1, -0.05) is 6.07 Å². The minimum absolute atomic E-state index is 0.0149. The number of nitrogens with two attached hydrogens (primary N) is 1. The van der Waals surface area contributed by atoms with Crippen molar-refractivity contribution in [3.8, 4) is 23.0 Å². The third-order valence-corrected chi connectivity index (χ3v) is 5.19. The molecule has 9 nitrogen and oxygen atoms in total. The maximum atomic E-state index is 13.9. The molecular formula is C25H25F4N3O6. The fraction of sp³-hybridized carbons (Fsp3) is 0.320. The van der Waals surface area contributed by atoms with E-state index in [1.807, 2.05) is 0 Å². The molecule has 0 aliphatic rings. The van der Waals surface area contributed by atoms with Crippen LogP contribution in [-0.2, 0) is 11.3 Å². The number of oxazole rings is 1. The number of nitrogens with one attached hydrogen (secondary N) is 1. The van der Waals surface area contributed by atoms with Gasteiger partial charge in [0.2, 0.25) is 5.89 Å². The Morgan fingerprint density at radius 1 is 1.13 bits per heavy atom. The minimum atomic E-state index is -3.12. The number of carbonyl (C=O) groups is 2. The number of carboxylic acids is 1. The van der Waals surface area contributed by atoms with Crippen molar-refractivity contribution in [3.05, 3.63) is 65.1 Å². The molecule has 0 spiro atoms. The molecule has 1 heterocycles. The van der Waals surface area contributed by atoms with Crippen molar-refractivity contribution >= 4 is 11.9 Å². The second-order valence-corrected chi connectivity index (χ2v) is 8.18. The number of ether oxygens (including phenoxy) is 2. The van der Waals surface area contributed by atoms with Crippen molar-refractivity contribution in [2.24, 2.45) is 5.73 Å². The average molecular weight is 539 g/mol. The number of unbranched alkanes of at least 4 members (excludes halogenated alkanes) is 1. The lowest BCUT2D eigenvalue weighted by Gasteiger charge is -2.13. The van der Waals surface area contributed by atoms with Gasteiger partial charge in [0.05, 0.1) is 12.6 Å². The number of aliphatic carboxylic acids is 1. The van der Waals surface area contributed by atoms with Crippen LogP contribution in [0.15, 0.2) is 40.8 Å². The van der Waals surface area contributed by atoms with Gasteiger partial charge in [-0.3, -0.25) is 9.59 Å². The Bertz CT molecular complexity index is 1280. The second kappa shape index (κ2) is 12.9. The first-order valence-electron chi connectivity index (χ1n) is 11.5. The fourth-order valence-electron chi connectivity index (χ4n) is 3.36. The first-order chi connectivity index (χ1) is 18.0. The standard InChI is InChI=1S/C25H25F4N3O6/c1-13(30)22-21(23(35)31-12-15-5-7-16(26)11-17(15)27)32-24(38-22)14-6-8-18(37-25(28)29)19(10-14)36-9-3-2-4-20(33)34/h5-8,10-11,13,25H,2-4,9,12,30H2,1H3,(H,31,35)(H,33,34)/t13-/m0/s1. The van der Waals surface area contributed by atoms with Crippen molar-refractivity contribution in [1.29, 1.82) is 0 Å². The summed E-state index contributed by atoms with van der Waals surface area (Å²) < 4.78 is 68.5. The van der Waals surface area contributed by atoms with Gasteiger partial charge in [0.15, 0.2) is 23.0 Å². The van der Waals surface area contributed by atoms with Crippen LogP contribution in [0.3, 0.4) is 0 Å². The third kappa shape index (κ3) is 7.68. The van der Waals surface area contributed by atoms with Crippen LogP contribution >= 0.6 is 0 Å². The Balaban J connectivity index is 1.82. The first-order valence-corrected chi connectivity index (χ1v) is 11.5. The van der Waals surface area contributed by atoms with E-state index in [4.69, 9.17) is 20.0 Å². The summed E-state index contributed by atoms with van der Waals surface area (Å²) in [5.74, 6) is -3.69. The smallest absolute Gasteiger partial charge is 0.387 e. The van der Waals surface area contributed by atoms with Crippen molar-refractivity contribution in [1.82, 2.24) is 10.3 Å². The van der Waals surface area contributed by atoms with Crippen LogP contribution in [-0.4, -0.2) is 35.2 Å². The third-order valence-electron chi connectivity index (χ3n) is 5.19. The van der Waals surface area contributed by atoms with E-state index in [1.165, 1.54) is 24.3 Å². The molecule has 0 unspecified atom stereocenters. The highest BCUT2D eigenvalue weighted by Crippen LogP contribution is 2.35. The van der Waals surface area contributed by atoms with Crippen molar-refractivity contribution in [2.75, 3.05) is 6.61 Å². The Kier molecular flexibility index (Phi) is 9.66. The van der Waals surface area contributed by atoms with Gasteiger partial charge in [-0.15, -0.1) is 0 Å². The summed E-state index contributed by atoms with van der Waals surface area (Å²) in [6, 6.07) is 6.06. The molecule has 3 rings (SSSR count). The lowest BCUT2D eigenvalue weighted by atomic mass is 10.2. The van der Waals surface area contributed by atoms with E-state index in [2.05, 4.69) is 15.0 Å². The molecule has 0 radical (unpaired) electrons. The molecule has 204 valence electrons. The van der Waals surface area contributed by atoms with Gasteiger partial charge in [-0.05, 0) is 44.0 Å². The Labute approximate surface area is 214 Å². The molecule has 1 amide bonds. The second-order valence-electron chi connectivity index (χ2n) is 8.18. The van der Waals surface area contributed by atoms with Gasteiger partial charge < -0.3 is 30.0 Å². The molecule has 0 fully saturated rings. The number of alkyl halides is 2. The number of aromatic nitrogens is 1. The monoisotopic (exact) mass is 539 g/mol. The molecule has 1 atom stereocenters. The van der Waals surface area contributed by atoms with Crippen molar-refractivity contribution in [2.45, 2.75) is 45.4 Å². The Morgan fingerprint density at radius 2 is 1.89 bits per heavy atom. The van der Waals surface area contributed by atoms with Crippen LogP contribution in [0, 0.1) is 11.6 Å². The summed E-state index contributed by atoms with van der Waals surface area (Å²) >= 11 is 0. The number of nitrogens with zero attached hydrogens (tertiary/aromatic N) is 1. The molecule has 13 heteroatoms. The van der Waals surface area contributed by atoms with E-state index >= 15 is 0 Å². The van der Waals surface area contributed by atoms with Crippen LogP contribution in [0.4, 0.5) is 17.6 Å². The van der Waals surface area contributed by atoms with E-state index in [1.54, 1.807) is 6.92 Å². The zero-order valence-electron chi connectivity index (χ0n) is 20.2. The van der Waals surface area contributed by atoms with E-state index in [-0.39, 0.29) is 59.5 Å². The fourth-order valence-corrected chi connectivity index (χ4v) is 3.36. The van der Waals surface area contributed by atoms with Crippen LogP contribution in [0.5, 0.6) is 11.5 Å². The molecule has 4 N–H and O–H groups in total. The highest BCUT2D eigenvalue weighted by atomic mass is 19.3. The predicted molar refractivity (Wildman–Crippen MR) is 126 cm³/mol. The lowest BCUT2D eigenvalue weighted by molar-refractivity contribution is -0.137. The van der Waals surface area contributed by atoms with E-state index in [0.717, 1.165) is 6.07 Å². The minimum Gasteiger partial charge on any atom is -0.490 e. The molecule has 2 aromatic carbocycles. The molecule has 0 saturated heterocycles. The highest BCUT2D eigenvalue weighted by Gasteiger charge is 2.24. The molecule has 3 aromatic rings. The van der Waals surface area contributed by atoms with Gasteiger partial charge in [-0.2, -0.15) is 8.78 Å². The maximum Gasteiger partial charge on any atom is 0.387 e. The number of amides is 1. The predicted octanol–water partition coefficient (Wildman–Crippen LogP) is 4.80. The summed E-state index contributed by atoms with van der Waals surface area (Å²) in [6.45, 7) is -1.81. The number of halogens is 4. The topological polar surface area (TPSA) is 137 Å². The van der Waals surface area contributed by atoms with Gasteiger partial charge in [0.1, 0.15) is 11.6 Å². The molecule has 0 aliphatic heterocycles. The van der Waals surface area contributed by atoms with E-state index in [9.17, 15) is 27.2 Å². The number of carboxylic acid groups (broad SMARTS) is 1. The lowest BCUT2D eigenvalue weighted by Crippen LogP contribution is -2.25. The molecule has 38 heavy (non-hydrogen) atoms. The SMILES string of the molecule is C[C@H](N)c1oc(-c2ccc(OC(F)F)c(OCCCCC(=O)O)c2)nc1C(=O)NCc1ccc(F)cc1F. The van der Waals surface area contributed by atoms with Gasteiger partial charge >= 0.3 is 12.6 Å². The number of hydrogen-bond acceptors (Lipinski definition) is 7. The highest BCUT2D eigenvalue weighted by molar-refractivity contribution is 5.94. The molecule has 0 saturated carbocycles. The Hall–Kier alpha value is -4.13. The van der Waals surface area contributed by atoms with Gasteiger partial charge in [0, 0.05) is 30.2 Å². The van der Waals surface area contributed by atoms with Gasteiger partial charge in [0.25, 0.3) is 5.91 Å². The zero-order valence-corrected chi connectivity index (χ0v) is 20.2. The summed E-state index contributed by atoms with van der Waals surface area (Å²) in [5.41, 5.74) is 6.05. The quantitative estimate of drug-likeness (QED) is 0.208. The van der Waals surface area contributed by atoms with Crippen LogP contribution < -0.4 is 20.5 Å².